The monoisotopic (exact) mass is 476 g/mol. The Morgan fingerprint density at radius 3 is 2.45 bits per heavy atom. The molecule has 6 nitrogen and oxygen atoms in total. The van der Waals surface area contributed by atoms with Crippen molar-refractivity contribution >= 4 is 28.3 Å². The first kappa shape index (κ1) is 25.8. The van der Waals surface area contributed by atoms with Crippen molar-refractivity contribution in [3.05, 3.63) is 79.7 Å². The number of carbonyl (C=O) groups excluding carboxylic acids is 1. The molecule has 0 amide bonds. The molecule has 1 heterocycles. The van der Waals surface area contributed by atoms with Crippen LogP contribution in [0.1, 0.15) is 47.8 Å². The minimum absolute atomic E-state index is 0. The summed E-state index contributed by atoms with van der Waals surface area (Å²) in [5.74, 6) is 0.309. The van der Waals surface area contributed by atoms with Gasteiger partial charge in [0.25, 0.3) is 0 Å². The number of hydrogen-bond donors (Lipinski definition) is 0. The molecule has 1 unspecified atom stereocenters. The summed E-state index contributed by atoms with van der Waals surface area (Å²) in [6.45, 7) is 7.70. The van der Waals surface area contributed by atoms with E-state index in [1.807, 2.05) is 24.3 Å². The number of hydrogen-bond acceptors (Lipinski definition) is 5. The molecule has 1 aliphatic carbocycles. The van der Waals surface area contributed by atoms with Crippen molar-refractivity contribution in [3.63, 3.8) is 0 Å². The van der Waals surface area contributed by atoms with E-state index in [2.05, 4.69) is 18.7 Å². The van der Waals surface area contributed by atoms with Gasteiger partial charge in [0.15, 0.2) is 5.78 Å². The summed E-state index contributed by atoms with van der Waals surface area (Å²) in [6.07, 6.45) is 0.525. The number of ether oxygens (including phenoxy) is 1. The molecule has 0 saturated heterocycles. The standard InChI is InChI=1S/C25H26ClN2O4.Na/c1-3-27(4-2)11-12-32-19-8-5-16(6-9-19)17-13-22-24(23(29)14-17)25(30)20-15-18(26)7-10-21(20)28(22)31;/h5-10,15,17H,3-4,11-14H2,1-2H3;/q-1;+1. The zero-order valence-corrected chi connectivity index (χ0v) is 22.0. The molecule has 0 fully saturated rings. The molecule has 0 bridgehead atoms. The zero-order valence-electron chi connectivity index (χ0n) is 19.3. The van der Waals surface area contributed by atoms with E-state index in [1.54, 1.807) is 6.07 Å². The fraction of sp³-hybridized carbons (Fsp3) is 0.360. The molecular weight excluding hydrogens is 451 g/mol. The van der Waals surface area contributed by atoms with Crippen LogP contribution in [0.15, 0.2) is 47.3 Å². The fourth-order valence-electron chi connectivity index (χ4n) is 4.39. The van der Waals surface area contributed by atoms with Crippen LogP contribution in [0, 0.1) is 5.21 Å². The predicted octanol–water partition coefficient (Wildman–Crippen LogP) is 1.64. The molecule has 0 radical (unpaired) electrons. The normalized spacial score (nSPS) is 15.4. The summed E-state index contributed by atoms with van der Waals surface area (Å²) in [6, 6.07) is 12.2. The number of Topliss-reactive ketones (excluding diaryl/α,β-unsaturated/α-hetero) is 1. The summed E-state index contributed by atoms with van der Waals surface area (Å²) < 4.78 is 6.56. The van der Waals surface area contributed by atoms with E-state index in [9.17, 15) is 14.8 Å². The summed E-state index contributed by atoms with van der Waals surface area (Å²) in [7, 11) is 0. The molecule has 1 aromatic heterocycles. The predicted molar refractivity (Wildman–Crippen MR) is 127 cm³/mol. The number of benzene rings is 2. The maximum atomic E-state index is 13.0. The third-order valence-corrected chi connectivity index (χ3v) is 6.49. The van der Waals surface area contributed by atoms with Gasteiger partial charge in [-0.3, -0.25) is 9.59 Å². The van der Waals surface area contributed by atoms with Gasteiger partial charge in [0.05, 0.1) is 5.56 Å². The second-order valence-electron chi connectivity index (χ2n) is 8.08. The van der Waals surface area contributed by atoms with Gasteiger partial charge in [0.2, 0.25) is 5.43 Å². The topological polar surface area (TPSA) is 74.6 Å². The Hall–Kier alpha value is -1.83. The molecule has 0 saturated carbocycles. The third-order valence-electron chi connectivity index (χ3n) is 6.26. The van der Waals surface area contributed by atoms with Crippen LogP contribution in [0.5, 0.6) is 5.75 Å². The average molecular weight is 477 g/mol. The molecule has 0 aliphatic heterocycles. The maximum absolute atomic E-state index is 13.0. The van der Waals surface area contributed by atoms with Crippen LogP contribution in [0.4, 0.5) is 0 Å². The van der Waals surface area contributed by atoms with E-state index in [1.165, 1.54) is 12.1 Å². The minimum Gasteiger partial charge on any atom is -0.805 e. The molecule has 8 heteroatoms. The Morgan fingerprint density at radius 2 is 1.79 bits per heavy atom. The Balaban J connectivity index is 0.00000306. The van der Waals surface area contributed by atoms with E-state index < -0.39 is 5.43 Å². The largest absolute Gasteiger partial charge is 1.00 e. The number of fused-ring (bicyclic) bond motifs is 2. The van der Waals surface area contributed by atoms with Crippen molar-refractivity contribution in [1.82, 2.24) is 9.63 Å². The van der Waals surface area contributed by atoms with Crippen LogP contribution in [-0.4, -0.2) is 41.7 Å². The number of likely N-dealkylation sites (N-methyl/N-ethyl adjacent to an activating group) is 1. The van der Waals surface area contributed by atoms with E-state index in [0.29, 0.717) is 18.1 Å². The number of rotatable bonds is 7. The molecule has 0 N–H and O–H groups in total. The van der Waals surface area contributed by atoms with Gasteiger partial charge in [-0.2, -0.15) is 0 Å². The first-order chi connectivity index (χ1) is 15.4. The Morgan fingerprint density at radius 1 is 1.09 bits per heavy atom. The SMILES string of the molecule is CCN(CC)CCOc1ccc(C2CC(=O)c3c(n([O-])c4ccc(Cl)cc4c3=O)C2)cc1.[Na+]. The van der Waals surface area contributed by atoms with Crippen LogP contribution in [0.3, 0.4) is 0 Å². The van der Waals surface area contributed by atoms with Gasteiger partial charge in [-0.1, -0.05) is 37.6 Å². The Kier molecular flexibility index (Phi) is 8.65. The minimum atomic E-state index is -0.412. The molecule has 4 rings (SSSR count). The Bertz CT molecular complexity index is 1210. The second-order valence-corrected chi connectivity index (χ2v) is 8.52. The molecule has 1 atom stereocenters. The van der Waals surface area contributed by atoms with Crippen LogP contribution in [0.25, 0.3) is 10.9 Å². The number of carbonyl (C=O) groups is 1. The van der Waals surface area contributed by atoms with Gasteiger partial charge in [-0.05, 0) is 61.3 Å². The fourth-order valence-corrected chi connectivity index (χ4v) is 4.56. The molecule has 2 aromatic carbocycles. The first-order valence-corrected chi connectivity index (χ1v) is 11.3. The van der Waals surface area contributed by atoms with E-state index in [0.717, 1.165) is 35.7 Å². The van der Waals surface area contributed by atoms with Crippen molar-refractivity contribution < 1.29 is 39.1 Å². The van der Waals surface area contributed by atoms with Crippen LogP contribution in [0.2, 0.25) is 5.02 Å². The summed E-state index contributed by atoms with van der Waals surface area (Å²) in [5, 5.41) is 13.5. The van der Waals surface area contributed by atoms with Crippen LogP contribution >= 0.6 is 11.6 Å². The van der Waals surface area contributed by atoms with Crippen molar-refractivity contribution in [2.45, 2.75) is 32.6 Å². The smallest absolute Gasteiger partial charge is 0.805 e. The molecule has 3 aromatic rings. The molecule has 1 aliphatic rings. The molecule has 33 heavy (non-hydrogen) atoms. The number of ketones is 1. The number of aromatic nitrogens is 1. The Labute approximate surface area is 220 Å². The third kappa shape index (κ3) is 5.31. The second kappa shape index (κ2) is 11.1. The van der Waals surface area contributed by atoms with Gasteiger partial charge < -0.3 is 19.6 Å². The summed E-state index contributed by atoms with van der Waals surface area (Å²) in [4.78, 5) is 28.1. The first-order valence-electron chi connectivity index (χ1n) is 11.0. The van der Waals surface area contributed by atoms with Gasteiger partial charge in [0.1, 0.15) is 12.4 Å². The van der Waals surface area contributed by atoms with Crippen LogP contribution < -0.4 is 39.7 Å². The van der Waals surface area contributed by atoms with Crippen molar-refractivity contribution in [1.29, 1.82) is 0 Å². The van der Waals surface area contributed by atoms with E-state index in [-0.39, 0.29) is 69.8 Å². The van der Waals surface area contributed by atoms with Crippen LogP contribution in [-0.2, 0) is 6.42 Å². The molecular formula is C25H26ClN2NaO4. The van der Waals surface area contributed by atoms with Crippen molar-refractivity contribution in [3.8, 4) is 5.75 Å². The summed E-state index contributed by atoms with van der Waals surface area (Å²) in [5.41, 5.74) is 1.02. The van der Waals surface area contributed by atoms with Gasteiger partial charge in [-0.15, -0.1) is 0 Å². The van der Waals surface area contributed by atoms with E-state index >= 15 is 0 Å². The van der Waals surface area contributed by atoms with Gasteiger partial charge in [0, 0.05) is 34.6 Å². The number of nitrogens with zero attached hydrogens (tertiary/aromatic N) is 2. The quantitative estimate of drug-likeness (QED) is 0.485. The number of halogens is 1. The van der Waals surface area contributed by atoms with Crippen molar-refractivity contribution in [2.24, 2.45) is 0 Å². The van der Waals surface area contributed by atoms with E-state index in [4.69, 9.17) is 16.3 Å². The molecule has 168 valence electrons. The van der Waals surface area contributed by atoms with Crippen molar-refractivity contribution in [2.75, 3.05) is 26.2 Å². The van der Waals surface area contributed by atoms with Gasteiger partial charge >= 0.3 is 29.6 Å². The van der Waals surface area contributed by atoms with Gasteiger partial charge in [-0.25, -0.2) is 0 Å². The summed E-state index contributed by atoms with van der Waals surface area (Å²) >= 11 is 5.99. The maximum Gasteiger partial charge on any atom is 1.00 e. The molecule has 0 spiro atoms. The average Bonchev–Trinajstić information content (AvgIpc) is 2.80. The zero-order chi connectivity index (χ0) is 22.8. The number of pyridine rings is 1.